The Morgan fingerprint density at radius 3 is 2.81 bits per heavy atom. The van der Waals surface area contributed by atoms with Crippen molar-refractivity contribution in [3.05, 3.63) is 53.3 Å². The van der Waals surface area contributed by atoms with Crippen LogP contribution in [0.5, 0.6) is 0 Å². The second-order valence-corrected chi connectivity index (χ2v) is 5.66. The quantitative estimate of drug-likeness (QED) is 0.801. The number of benzene rings is 1. The molecule has 2 heterocycles. The Bertz CT molecular complexity index is 764. The third-order valence-electron chi connectivity index (χ3n) is 3.28. The van der Waals surface area contributed by atoms with Gasteiger partial charge in [-0.3, -0.25) is 0 Å². The average Bonchev–Trinajstić information content (AvgIpc) is 2.90. The van der Waals surface area contributed by atoms with Crippen LogP contribution < -0.4 is 5.32 Å². The van der Waals surface area contributed by atoms with Crippen molar-refractivity contribution >= 4 is 22.5 Å². The molecule has 5 heteroatoms. The van der Waals surface area contributed by atoms with E-state index in [-0.39, 0.29) is 0 Å². The van der Waals surface area contributed by atoms with Crippen LogP contribution in [-0.4, -0.2) is 20.8 Å². The van der Waals surface area contributed by atoms with Crippen LogP contribution in [0.2, 0.25) is 5.02 Å². The number of nitrogens with one attached hydrogen (secondary N) is 1. The molecule has 4 nitrogen and oxygen atoms in total. The van der Waals surface area contributed by atoms with Crippen molar-refractivity contribution in [1.82, 2.24) is 20.1 Å². The van der Waals surface area contributed by atoms with Crippen LogP contribution in [0, 0.1) is 0 Å². The highest BCUT2D eigenvalue weighted by molar-refractivity contribution is 6.31. The number of fused-ring (bicyclic) bond motifs is 1. The lowest BCUT2D eigenvalue weighted by Gasteiger charge is -2.10. The van der Waals surface area contributed by atoms with Crippen LogP contribution in [0.25, 0.3) is 16.7 Å². The highest BCUT2D eigenvalue weighted by Gasteiger charge is 2.09. The summed E-state index contributed by atoms with van der Waals surface area (Å²) in [5.41, 5.74) is 1.87. The molecule has 0 saturated carbocycles. The van der Waals surface area contributed by atoms with Gasteiger partial charge in [0.2, 0.25) is 0 Å². The molecule has 1 N–H and O–H groups in total. The van der Waals surface area contributed by atoms with Gasteiger partial charge in [0.25, 0.3) is 0 Å². The summed E-state index contributed by atoms with van der Waals surface area (Å²) in [6.07, 6.45) is 1.84. The highest BCUT2D eigenvalue weighted by Crippen LogP contribution is 2.20. The van der Waals surface area contributed by atoms with E-state index in [2.05, 4.69) is 29.2 Å². The van der Waals surface area contributed by atoms with Crippen molar-refractivity contribution < 1.29 is 0 Å². The molecule has 0 radical (unpaired) electrons. The zero-order valence-electron chi connectivity index (χ0n) is 12.0. The number of aromatic nitrogens is 3. The normalized spacial score (nSPS) is 11.4. The fraction of sp³-hybridized carbons (Fsp3) is 0.250. The molecule has 0 bridgehead atoms. The minimum atomic E-state index is 0.386. The van der Waals surface area contributed by atoms with Crippen LogP contribution in [0.4, 0.5) is 0 Å². The minimum absolute atomic E-state index is 0.386. The molecule has 108 valence electrons. The predicted octanol–water partition coefficient (Wildman–Crippen LogP) is 3.57. The standard InChI is InChI=1S/C16H17ClN4/c1-11(2)18-10-14-13(17)7-8-16(20-14)21-15-6-4-3-5-12(15)9-19-21/h3-9,11,18H,10H2,1-2H3. The van der Waals surface area contributed by atoms with E-state index in [0.29, 0.717) is 17.6 Å². The first-order valence-corrected chi connectivity index (χ1v) is 7.35. The van der Waals surface area contributed by atoms with Gasteiger partial charge in [0.15, 0.2) is 5.82 Å². The SMILES string of the molecule is CC(C)NCc1nc(-n2ncc3ccccc32)ccc1Cl. The molecular formula is C16H17ClN4. The first-order chi connectivity index (χ1) is 10.1. The van der Waals surface area contributed by atoms with Crippen molar-refractivity contribution in [2.24, 2.45) is 0 Å². The van der Waals surface area contributed by atoms with E-state index < -0.39 is 0 Å². The van der Waals surface area contributed by atoms with Crippen molar-refractivity contribution in [2.45, 2.75) is 26.4 Å². The third kappa shape index (κ3) is 2.91. The van der Waals surface area contributed by atoms with Crippen molar-refractivity contribution in [3.63, 3.8) is 0 Å². The summed E-state index contributed by atoms with van der Waals surface area (Å²) < 4.78 is 1.84. The molecule has 3 rings (SSSR count). The maximum Gasteiger partial charge on any atom is 0.154 e. The Morgan fingerprint density at radius 2 is 2.00 bits per heavy atom. The van der Waals surface area contributed by atoms with Crippen LogP contribution in [0.1, 0.15) is 19.5 Å². The van der Waals surface area contributed by atoms with Crippen molar-refractivity contribution in [3.8, 4) is 5.82 Å². The number of para-hydroxylation sites is 1. The zero-order valence-corrected chi connectivity index (χ0v) is 12.8. The van der Waals surface area contributed by atoms with Gasteiger partial charge in [-0.15, -0.1) is 0 Å². The number of hydrogen-bond acceptors (Lipinski definition) is 3. The first kappa shape index (κ1) is 14.0. The molecule has 21 heavy (non-hydrogen) atoms. The van der Waals surface area contributed by atoms with Gasteiger partial charge >= 0.3 is 0 Å². The Kier molecular flexibility index (Phi) is 3.90. The van der Waals surface area contributed by atoms with Gasteiger partial charge in [-0.2, -0.15) is 5.10 Å². The molecular weight excluding hydrogens is 284 g/mol. The van der Waals surface area contributed by atoms with E-state index in [1.807, 2.05) is 47.3 Å². The highest BCUT2D eigenvalue weighted by atomic mass is 35.5. The van der Waals surface area contributed by atoms with Gasteiger partial charge in [0.05, 0.1) is 22.4 Å². The van der Waals surface area contributed by atoms with E-state index in [9.17, 15) is 0 Å². The van der Waals surface area contributed by atoms with E-state index in [1.165, 1.54) is 0 Å². The summed E-state index contributed by atoms with van der Waals surface area (Å²) in [4.78, 5) is 4.64. The van der Waals surface area contributed by atoms with Gasteiger partial charge < -0.3 is 5.32 Å². The van der Waals surface area contributed by atoms with E-state index in [4.69, 9.17) is 11.6 Å². The molecule has 0 aliphatic rings. The molecule has 1 aromatic carbocycles. The van der Waals surface area contributed by atoms with Gasteiger partial charge in [-0.1, -0.05) is 43.6 Å². The lowest BCUT2D eigenvalue weighted by Crippen LogP contribution is -2.23. The number of nitrogens with zero attached hydrogens (tertiary/aromatic N) is 3. The third-order valence-corrected chi connectivity index (χ3v) is 3.62. The molecule has 0 atom stereocenters. The molecule has 2 aromatic heterocycles. The summed E-state index contributed by atoms with van der Waals surface area (Å²) >= 11 is 6.23. The molecule has 0 amide bonds. The second kappa shape index (κ2) is 5.84. The van der Waals surface area contributed by atoms with Gasteiger partial charge in [0.1, 0.15) is 0 Å². The molecule has 0 spiro atoms. The van der Waals surface area contributed by atoms with Crippen LogP contribution in [0.3, 0.4) is 0 Å². The van der Waals surface area contributed by atoms with Gasteiger partial charge in [-0.25, -0.2) is 9.67 Å². The Morgan fingerprint density at radius 1 is 1.19 bits per heavy atom. The number of halogens is 1. The van der Waals surface area contributed by atoms with Crippen molar-refractivity contribution in [2.75, 3.05) is 0 Å². The zero-order chi connectivity index (χ0) is 14.8. The summed E-state index contributed by atoms with van der Waals surface area (Å²) in [5, 5.41) is 9.52. The van der Waals surface area contributed by atoms with E-state index in [1.54, 1.807) is 0 Å². The van der Waals surface area contributed by atoms with Crippen LogP contribution in [0.15, 0.2) is 42.6 Å². The maximum atomic E-state index is 6.23. The molecule has 0 unspecified atom stereocenters. The van der Waals surface area contributed by atoms with Crippen molar-refractivity contribution in [1.29, 1.82) is 0 Å². The minimum Gasteiger partial charge on any atom is -0.309 e. The first-order valence-electron chi connectivity index (χ1n) is 6.97. The van der Waals surface area contributed by atoms with E-state index in [0.717, 1.165) is 22.4 Å². The number of rotatable bonds is 4. The summed E-state index contributed by atoms with van der Waals surface area (Å²) in [6, 6.07) is 12.2. The molecule has 0 fully saturated rings. The Balaban J connectivity index is 2.00. The summed E-state index contributed by atoms with van der Waals surface area (Å²) in [6.45, 7) is 4.83. The molecule has 0 saturated heterocycles. The fourth-order valence-corrected chi connectivity index (χ4v) is 2.34. The smallest absolute Gasteiger partial charge is 0.154 e. The molecule has 3 aromatic rings. The van der Waals surface area contributed by atoms with E-state index >= 15 is 0 Å². The lowest BCUT2D eigenvalue weighted by atomic mass is 10.2. The number of pyridine rings is 1. The lowest BCUT2D eigenvalue weighted by molar-refractivity contribution is 0.580. The summed E-state index contributed by atoms with van der Waals surface area (Å²) in [7, 11) is 0. The Labute approximate surface area is 128 Å². The fourth-order valence-electron chi connectivity index (χ4n) is 2.17. The number of hydrogen-bond donors (Lipinski definition) is 1. The average molecular weight is 301 g/mol. The van der Waals surface area contributed by atoms with Crippen LogP contribution >= 0.6 is 11.6 Å². The molecule has 0 aliphatic carbocycles. The second-order valence-electron chi connectivity index (χ2n) is 5.25. The topological polar surface area (TPSA) is 42.7 Å². The van der Waals surface area contributed by atoms with Gasteiger partial charge in [0, 0.05) is 18.0 Å². The Hall–Kier alpha value is -1.91. The monoisotopic (exact) mass is 300 g/mol. The predicted molar refractivity (Wildman–Crippen MR) is 85.9 cm³/mol. The van der Waals surface area contributed by atoms with Crippen LogP contribution in [-0.2, 0) is 6.54 Å². The summed E-state index contributed by atoms with van der Waals surface area (Å²) in [5.74, 6) is 0.779. The largest absolute Gasteiger partial charge is 0.309 e. The molecule has 0 aliphatic heterocycles. The maximum absolute atomic E-state index is 6.23. The van der Waals surface area contributed by atoms with Gasteiger partial charge in [-0.05, 0) is 18.2 Å².